The van der Waals surface area contributed by atoms with Crippen LogP contribution in [0, 0.1) is 6.92 Å². The van der Waals surface area contributed by atoms with Crippen molar-refractivity contribution in [1.29, 1.82) is 0 Å². The van der Waals surface area contributed by atoms with Crippen LogP contribution in [-0.4, -0.2) is 22.7 Å². The molecule has 1 aromatic heterocycles. The van der Waals surface area contributed by atoms with E-state index in [0.717, 1.165) is 28.2 Å². The van der Waals surface area contributed by atoms with Crippen LogP contribution >= 0.6 is 0 Å². The second-order valence-corrected chi connectivity index (χ2v) is 5.69. The molecule has 1 heterocycles. The fourth-order valence-electron chi connectivity index (χ4n) is 2.47. The highest BCUT2D eigenvalue weighted by Crippen LogP contribution is 2.19. The number of aryl methyl sites for hydroxylation is 1. The van der Waals surface area contributed by atoms with E-state index in [1.165, 1.54) is 0 Å². The number of nitrogens with zero attached hydrogens (tertiary/aromatic N) is 3. The van der Waals surface area contributed by atoms with Crippen LogP contribution in [-0.2, 0) is 0 Å². The van der Waals surface area contributed by atoms with Crippen LogP contribution in [0.2, 0.25) is 0 Å². The molecule has 0 fully saturated rings. The molecule has 25 heavy (non-hydrogen) atoms. The summed E-state index contributed by atoms with van der Waals surface area (Å²) in [6.07, 6.45) is 0. The van der Waals surface area contributed by atoms with Crippen LogP contribution < -0.4 is 10.7 Å². The predicted molar refractivity (Wildman–Crippen MR) is 104 cm³/mol. The molecule has 2 aromatic carbocycles. The summed E-state index contributed by atoms with van der Waals surface area (Å²) in [6.45, 7) is 3.85. The van der Waals surface area contributed by atoms with E-state index in [0.29, 0.717) is 11.6 Å². The lowest BCUT2D eigenvalue weighted by Gasteiger charge is -2.07. The van der Waals surface area contributed by atoms with Gasteiger partial charge in [0.25, 0.3) is 0 Å². The average molecular weight is 331 g/mol. The van der Waals surface area contributed by atoms with E-state index in [1.807, 2.05) is 81.6 Å². The number of hydrogen-bond donors (Lipinski definition) is 2. The van der Waals surface area contributed by atoms with Crippen LogP contribution in [0.1, 0.15) is 18.3 Å². The Bertz CT molecular complexity index is 870. The first-order valence-electron chi connectivity index (χ1n) is 8.15. The van der Waals surface area contributed by atoms with E-state index in [1.54, 1.807) is 0 Å². The van der Waals surface area contributed by atoms with Gasteiger partial charge in [0.1, 0.15) is 11.6 Å². The van der Waals surface area contributed by atoms with E-state index >= 15 is 0 Å². The number of hydrogen-bond acceptors (Lipinski definition) is 5. The molecule has 0 saturated heterocycles. The van der Waals surface area contributed by atoms with Crippen molar-refractivity contribution in [2.24, 2.45) is 5.10 Å². The van der Waals surface area contributed by atoms with Gasteiger partial charge >= 0.3 is 0 Å². The van der Waals surface area contributed by atoms with Crippen molar-refractivity contribution in [2.75, 3.05) is 17.8 Å². The average Bonchev–Trinajstić information content (AvgIpc) is 2.66. The summed E-state index contributed by atoms with van der Waals surface area (Å²) < 4.78 is 0. The molecule has 3 rings (SSSR count). The van der Waals surface area contributed by atoms with Crippen LogP contribution in [0.15, 0.2) is 65.8 Å². The number of rotatable bonds is 5. The molecule has 0 radical (unpaired) electrons. The summed E-state index contributed by atoms with van der Waals surface area (Å²) in [7, 11) is 1.90. The van der Waals surface area contributed by atoms with E-state index in [2.05, 4.69) is 25.8 Å². The summed E-state index contributed by atoms with van der Waals surface area (Å²) in [6, 6.07) is 20.1. The van der Waals surface area contributed by atoms with Crippen molar-refractivity contribution >= 4 is 17.2 Å². The Hall–Kier alpha value is -3.21. The third kappa shape index (κ3) is 4.20. The molecule has 5 nitrogen and oxygen atoms in total. The van der Waals surface area contributed by atoms with Gasteiger partial charge in [0.2, 0.25) is 0 Å². The molecule has 0 aliphatic heterocycles. The smallest absolute Gasteiger partial charge is 0.150 e. The van der Waals surface area contributed by atoms with Crippen molar-refractivity contribution in [1.82, 2.24) is 9.97 Å². The maximum atomic E-state index is 4.50. The first-order chi connectivity index (χ1) is 12.2. The quantitative estimate of drug-likeness (QED) is 0.539. The minimum absolute atomic E-state index is 0.678. The van der Waals surface area contributed by atoms with E-state index in [-0.39, 0.29) is 0 Å². The van der Waals surface area contributed by atoms with Gasteiger partial charge < -0.3 is 5.32 Å². The predicted octanol–water partition coefficient (Wildman–Crippen LogP) is 4.33. The lowest BCUT2D eigenvalue weighted by molar-refractivity contribution is 1.05. The summed E-state index contributed by atoms with van der Waals surface area (Å²) in [5.74, 6) is 1.38. The molecule has 126 valence electrons. The lowest BCUT2D eigenvalue weighted by Crippen LogP contribution is -2.03. The SMILES string of the molecule is CNc1ccc(C(C)=NNc2cc(-c3ccccc3)nc(C)n2)cc1. The molecule has 0 amide bonds. The van der Waals surface area contributed by atoms with Gasteiger partial charge in [-0.15, -0.1) is 0 Å². The van der Waals surface area contributed by atoms with Gasteiger partial charge in [-0.2, -0.15) is 5.10 Å². The van der Waals surface area contributed by atoms with Crippen molar-refractivity contribution < 1.29 is 0 Å². The van der Waals surface area contributed by atoms with Crippen molar-refractivity contribution in [3.8, 4) is 11.3 Å². The molecular formula is C20H21N5. The Kier molecular flexibility index (Phi) is 5.04. The summed E-state index contributed by atoms with van der Waals surface area (Å²) in [4.78, 5) is 8.91. The monoisotopic (exact) mass is 331 g/mol. The summed E-state index contributed by atoms with van der Waals surface area (Å²) in [5.41, 5.74) is 7.99. The van der Waals surface area contributed by atoms with Crippen molar-refractivity contribution in [3.05, 3.63) is 72.1 Å². The Morgan fingerprint density at radius 1 is 0.960 bits per heavy atom. The maximum Gasteiger partial charge on any atom is 0.150 e. The van der Waals surface area contributed by atoms with Gasteiger partial charge in [-0.1, -0.05) is 42.5 Å². The number of anilines is 2. The highest BCUT2D eigenvalue weighted by atomic mass is 15.3. The Morgan fingerprint density at radius 3 is 2.36 bits per heavy atom. The number of hydrazone groups is 1. The maximum absolute atomic E-state index is 4.50. The Morgan fingerprint density at radius 2 is 1.68 bits per heavy atom. The molecule has 0 aliphatic carbocycles. The molecular weight excluding hydrogens is 310 g/mol. The Labute approximate surface area is 147 Å². The van der Waals surface area contributed by atoms with E-state index in [4.69, 9.17) is 0 Å². The third-order valence-electron chi connectivity index (χ3n) is 3.84. The van der Waals surface area contributed by atoms with Gasteiger partial charge in [0.05, 0.1) is 11.4 Å². The molecule has 2 N–H and O–H groups in total. The third-order valence-corrected chi connectivity index (χ3v) is 3.84. The number of aromatic nitrogens is 2. The molecule has 0 spiro atoms. The molecule has 3 aromatic rings. The molecule has 0 aliphatic rings. The Balaban J connectivity index is 1.81. The lowest BCUT2D eigenvalue weighted by atomic mass is 10.1. The van der Waals surface area contributed by atoms with Crippen LogP contribution in [0.5, 0.6) is 0 Å². The van der Waals surface area contributed by atoms with Gasteiger partial charge in [0, 0.05) is 24.4 Å². The number of nitrogens with one attached hydrogen (secondary N) is 2. The first-order valence-corrected chi connectivity index (χ1v) is 8.15. The van der Waals surface area contributed by atoms with Crippen LogP contribution in [0.4, 0.5) is 11.5 Å². The molecule has 5 heteroatoms. The van der Waals surface area contributed by atoms with Crippen molar-refractivity contribution in [3.63, 3.8) is 0 Å². The molecule has 0 bridgehead atoms. The minimum Gasteiger partial charge on any atom is -0.388 e. The second-order valence-electron chi connectivity index (χ2n) is 5.69. The van der Waals surface area contributed by atoms with Crippen LogP contribution in [0.3, 0.4) is 0 Å². The normalized spacial score (nSPS) is 11.2. The molecule has 0 saturated carbocycles. The van der Waals surface area contributed by atoms with Gasteiger partial charge in [-0.3, -0.25) is 5.43 Å². The topological polar surface area (TPSA) is 62.2 Å². The van der Waals surface area contributed by atoms with Crippen molar-refractivity contribution in [2.45, 2.75) is 13.8 Å². The highest BCUT2D eigenvalue weighted by Gasteiger charge is 2.04. The number of benzene rings is 2. The van der Waals surface area contributed by atoms with Crippen LogP contribution in [0.25, 0.3) is 11.3 Å². The largest absolute Gasteiger partial charge is 0.388 e. The standard InChI is InChI=1S/C20H21N5/c1-14(16-9-11-18(21-3)12-10-16)24-25-20-13-19(22-15(2)23-20)17-7-5-4-6-8-17/h4-13,21H,1-3H3,(H,22,23,25). The molecule has 0 unspecified atom stereocenters. The highest BCUT2D eigenvalue weighted by molar-refractivity contribution is 5.99. The molecule has 0 atom stereocenters. The zero-order valence-corrected chi connectivity index (χ0v) is 14.6. The fourth-order valence-corrected chi connectivity index (χ4v) is 2.47. The second kappa shape index (κ2) is 7.57. The summed E-state index contributed by atoms with van der Waals surface area (Å²) >= 11 is 0. The van der Waals surface area contributed by atoms with E-state index < -0.39 is 0 Å². The zero-order chi connectivity index (χ0) is 17.6. The van der Waals surface area contributed by atoms with E-state index in [9.17, 15) is 0 Å². The first kappa shape index (κ1) is 16.6. The summed E-state index contributed by atoms with van der Waals surface area (Å²) in [5, 5.41) is 7.56. The zero-order valence-electron chi connectivity index (χ0n) is 14.6. The van der Waals surface area contributed by atoms with Gasteiger partial charge in [0.15, 0.2) is 0 Å². The fraction of sp³-hybridized carbons (Fsp3) is 0.150. The van der Waals surface area contributed by atoms with Gasteiger partial charge in [-0.05, 0) is 31.5 Å². The minimum atomic E-state index is 0.678. The van der Waals surface area contributed by atoms with Gasteiger partial charge in [-0.25, -0.2) is 9.97 Å².